The van der Waals surface area contributed by atoms with Gasteiger partial charge < -0.3 is 20.2 Å². The minimum Gasteiger partial charge on any atom is -0.408 e. The molecule has 6 nitrogen and oxygen atoms in total. The second kappa shape index (κ2) is 4.06. The first-order valence-corrected chi connectivity index (χ1v) is 5.62. The molecule has 18 heavy (non-hydrogen) atoms. The number of nitrogens with one attached hydrogen (secondary N) is 1. The summed E-state index contributed by atoms with van der Waals surface area (Å²) in [6, 6.07) is 3.34. The molecule has 2 rings (SSSR count). The van der Waals surface area contributed by atoms with Gasteiger partial charge in [-0.25, -0.2) is 4.79 Å². The molecule has 0 amide bonds. The van der Waals surface area contributed by atoms with Crippen molar-refractivity contribution in [2.24, 2.45) is 0 Å². The van der Waals surface area contributed by atoms with Gasteiger partial charge in [0.05, 0.1) is 22.5 Å². The van der Waals surface area contributed by atoms with Crippen molar-refractivity contribution in [2.45, 2.75) is 19.4 Å². The van der Waals surface area contributed by atoms with Crippen molar-refractivity contribution in [3.05, 3.63) is 22.7 Å². The fraction of sp³-hybridized carbons (Fsp3) is 0.417. The van der Waals surface area contributed by atoms with Crippen LogP contribution < -0.4 is 16.4 Å². The molecule has 1 aromatic heterocycles. The van der Waals surface area contributed by atoms with E-state index in [1.165, 1.54) is 0 Å². The SMILES string of the molecule is CN(CC(C)(C)O)c1cc2[nH]c(=O)oc2cc1N. The summed E-state index contributed by atoms with van der Waals surface area (Å²) in [5, 5.41) is 9.80. The number of hydrogen-bond donors (Lipinski definition) is 3. The third-order valence-electron chi connectivity index (χ3n) is 2.60. The summed E-state index contributed by atoms with van der Waals surface area (Å²) in [6.45, 7) is 3.86. The number of H-pyrrole nitrogens is 1. The minimum absolute atomic E-state index is 0.421. The molecule has 0 atom stereocenters. The Morgan fingerprint density at radius 3 is 2.78 bits per heavy atom. The number of oxazole rings is 1. The van der Waals surface area contributed by atoms with Crippen LogP contribution in [0.5, 0.6) is 0 Å². The van der Waals surface area contributed by atoms with Crippen LogP contribution in [0.4, 0.5) is 11.4 Å². The molecule has 1 aromatic carbocycles. The highest BCUT2D eigenvalue weighted by molar-refractivity contribution is 5.85. The zero-order valence-corrected chi connectivity index (χ0v) is 10.7. The highest BCUT2D eigenvalue weighted by Gasteiger charge is 2.18. The summed E-state index contributed by atoms with van der Waals surface area (Å²) < 4.78 is 4.93. The normalized spacial score (nSPS) is 12.0. The van der Waals surface area contributed by atoms with E-state index in [2.05, 4.69) is 4.98 Å². The van der Waals surface area contributed by atoms with Crippen LogP contribution >= 0.6 is 0 Å². The molecule has 4 N–H and O–H groups in total. The first kappa shape index (κ1) is 12.5. The number of hydrogen-bond acceptors (Lipinski definition) is 5. The summed E-state index contributed by atoms with van der Waals surface area (Å²) in [7, 11) is 1.83. The first-order valence-electron chi connectivity index (χ1n) is 5.62. The van der Waals surface area contributed by atoms with Gasteiger partial charge in [-0.2, -0.15) is 0 Å². The third-order valence-corrected chi connectivity index (χ3v) is 2.60. The van der Waals surface area contributed by atoms with Crippen LogP contribution in [0.3, 0.4) is 0 Å². The molecule has 6 heteroatoms. The number of aromatic amines is 1. The third kappa shape index (κ3) is 2.48. The van der Waals surface area contributed by atoms with Crippen LogP contribution in [-0.4, -0.2) is 29.3 Å². The van der Waals surface area contributed by atoms with Crippen LogP contribution in [0, 0.1) is 0 Å². The number of benzene rings is 1. The number of nitrogens with zero attached hydrogens (tertiary/aromatic N) is 1. The van der Waals surface area contributed by atoms with E-state index in [-0.39, 0.29) is 0 Å². The average Bonchev–Trinajstić information content (AvgIpc) is 2.53. The van der Waals surface area contributed by atoms with Crippen LogP contribution in [0.2, 0.25) is 0 Å². The largest absolute Gasteiger partial charge is 0.417 e. The molecule has 0 unspecified atom stereocenters. The highest BCUT2D eigenvalue weighted by Crippen LogP contribution is 2.27. The summed E-state index contributed by atoms with van der Waals surface area (Å²) in [4.78, 5) is 15.5. The first-order chi connectivity index (χ1) is 8.26. The van der Waals surface area contributed by atoms with E-state index in [1.807, 2.05) is 11.9 Å². The van der Waals surface area contributed by atoms with Gasteiger partial charge >= 0.3 is 5.76 Å². The Labute approximate surface area is 104 Å². The molecule has 2 aromatic rings. The molecule has 0 bridgehead atoms. The Hall–Kier alpha value is -1.95. The Kier molecular flexibility index (Phi) is 2.82. The highest BCUT2D eigenvalue weighted by atomic mass is 16.4. The average molecular weight is 251 g/mol. The molecular formula is C12H17N3O3. The van der Waals surface area contributed by atoms with Gasteiger partial charge in [-0.3, -0.25) is 4.98 Å². The zero-order chi connectivity index (χ0) is 13.5. The quantitative estimate of drug-likeness (QED) is 0.705. The van der Waals surface area contributed by atoms with Gasteiger partial charge in [0.15, 0.2) is 5.58 Å². The van der Waals surface area contributed by atoms with Gasteiger partial charge in [0.1, 0.15) is 0 Å². The molecule has 0 radical (unpaired) electrons. The maximum absolute atomic E-state index is 11.1. The van der Waals surface area contributed by atoms with Crippen molar-refractivity contribution in [3.8, 4) is 0 Å². The molecule has 0 aliphatic heterocycles. The standard InChI is InChI=1S/C12H17N3O3/c1-12(2,17)6-15(3)9-5-8-10(4-7(9)13)18-11(16)14-8/h4-5,17H,6,13H2,1-3H3,(H,14,16). The smallest absolute Gasteiger partial charge is 0.408 e. The van der Waals surface area contributed by atoms with Gasteiger partial charge in [0, 0.05) is 19.7 Å². The van der Waals surface area contributed by atoms with E-state index in [4.69, 9.17) is 10.2 Å². The van der Waals surface area contributed by atoms with E-state index < -0.39 is 11.4 Å². The van der Waals surface area contributed by atoms with Crippen molar-refractivity contribution >= 4 is 22.5 Å². The lowest BCUT2D eigenvalue weighted by Gasteiger charge is -2.28. The second-order valence-electron chi connectivity index (χ2n) is 5.09. The number of likely N-dealkylation sites (N-methyl/N-ethyl adjacent to an activating group) is 1. The summed E-state index contributed by atoms with van der Waals surface area (Å²) >= 11 is 0. The summed E-state index contributed by atoms with van der Waals surface area (Å²) in [5.74, 6) is -0.508. The molecule has 0 spiro atoms. The Balaban J connectivity index is 2.44. The molecule has 98 valence electrons. The van der Waals surface area contributed by atoms with Gasteiger partial charge in [-0.1, -0.05) is 0 Å². The van der Waals surface area contributed by atoms with E-state index in [9.17, 15) is 9.90 Å². The van der Waals surface area contributed by atoms with Crippen LogP contribution in [0.15, 0.2) is 21.3 Å². The number of aromatic nitrogens is 1. The van der Waals surface area contributed by atoms with E-state index >= 15 is 0 Å². The summed E-state index contributed by atoms with van der Waals surface area (Å²) in [6.07, 6.45) is 0. The predicted molar refractivity (Wildman–Crippen MR) is 70.8 cm³/mol. The summed E-state index contributed by atoms with van der Waals surface area (Å²) in [5.41, 5.74) is 7.34. The predicted octanol–water partition coefficient (Wildman–Crippen LogP) is 0.910. The molecule has 0 saturated heterocycles. The van der Waals surface area contributed by atoms with Crippen molar-refractivity contribution in [2.75, 3.05) is 24.2 Å². The van der Waals surface area contributed by atoms with Crippen molar-refractivity contribution < 1.29 is 9.52 Å². The molecule has 1 heterocycles. The lowest BCUT2D eigenvalue weighted by Crippen LogP contribution is -2.36. The second-order valence-corrected chi connectivity index (χ2v) is 5.09. The Morgan fingerprint density at radius 2 is 2.17 bits per heavy atom. The lowest BCUT2D eigenvalue weighted by molar-refractivity contribution is 0.0886. The Morgan fingerprint density at radius 1 is 1.50 bits per heavy atom. The van der Waals surface area contributed by atoms with Crippen LogP contribution in [0.25, 0.3) is 11.1 Å². The maximum Gasteiger partial charge on any atom is 0.417 e. The lowest BCUT2D eigenvalue weighted by atomic mass is 10.1. The van der Waals surface area contributed by atoms with Crippen molar-refractivity contribution in [3.63, 3.8) is 0 Å². The molecular weight excluding hydrogens is 234 g/mol. The zero-order valence-electron chi connectivity index (χ0n) is 10.7. The number of nitrogen functional groups attached to an aromatic ring is 1. The van der Waals surface area contributed by atoms with Gasteiger partial charge in [-0.05, 0) is 19.9 Å². The van der Waals surface area contributed by atoms with Gasteiger partial charge in [0.2, 0.25) is 0 Å². The molecule has 0 fully saturated rings. The molecule has 0 aliphatic carbocycles. The minimum atomic E-state index is -0.833. The molecule has 0 saturated carbocycles. The maximum atomic E-state index is 11.1. The monoisotopic (exact) mass is 251 g/mol. The van der Waals surface area contributed by atoms with Crippen molar-refractivity contribution in [1.82, 2.24) is 4.98 Å². The number of fused-ring (bicyclic) bond motifs is 1. The number of aliphatic hydroxyl groups is 1. The molecule has 0 aliphatic rings. The fourth-order valence-electron chi connectivity index (χ4n) is 2.00. The fourth-order valence-corrected chi connectivity index (χ4v) is 2.00. The number of nitrogens with two attached hydrogens (primary N) is 1. The van der Waals surface area contributed by atoms with Gasteiger partial charge in [-0.15, -0.1) is 0 Å². The van der Waals surface area contributed by atoms with Crippen molar-refractivity contribution in [1.29, 1.82) is 0 Å². The van der Waals surface area contributed by atoms with Crippen LogP contribution in [0.1, 0.15) is 13.8 Å². The number of rotatable bonds is 3. The Bertz CT molecular complexity index is 622. The van der Waals surface area contributed by atoms with E-state index in [0.29, 0.717) is 23.3 Å². The van der Waals surface area contributed by atoms with Gasteiger partial charge in [0.25, 0.3) is 0 Å². The topological polar surface area (TPSA) is 95.5 Å². The van der Waals surface area contributed by atoms with E-state index in [0.717, 1.165) is 5.69 Å². The number of anilines is 2. The van der Waals surface area contributed by atoms with Crippen LogP contribution in [-0.2, 0) is 0 Å². The van der Waals surface area contributed by atoms with E-state index in [1.54, 1.807) is 26.0 Å².